The number of aldehydes is 1. The summed E-state index contributed by atoms with van der Waals surface area (Å²) in [4.78, 5) is 10.4. The number of carbonyl (C=O) groups is 1. The number of sulfonamides is 1. The number of benzene rings is 1. The monoisotopic (exact) mass is 239 g/mol. The zero-order valence-electron chi connectivity index (χ0n) is 8.72. The maximum Gasteiger partial charge on any atom is 0.232 e. The van der Waals surface area contributed by atoms with Gasteiger partial charge in [-0.3, -0.25) is 9.52 Å². The number of rotatable bonds is 5. The third-order valence-electron chi connectivity index (χ3n) is 2.47. The van der Waals surface area contributed by atoms with Gasteiger partial charge in [0.2, 0.25) is 10.0 Å². The fraction of sp³-hybridized carbons (Fsp3) is 0.364. The molecule has 5 heteroatoms. The minimum absolute atomic E-state index is 0.197. The molecular weight excluding hydrogens is 226 g/mol. The lowest BCUT2D eigenvalue weighted by Gasteiger charge is -2.06. The summed E-state index contributed by atoms with van der Waals surface area (Å²) in [5.41, 5.74) is 1.04. The molecule has 1 aromatic carbocycles. The van der Waals surface area contributed by atoms with E-state index in [0.717, 1.165) is 19.1 Å². The van der Waals surface area contributed by atoms with E-state index >= 15 is 0 Å². The van der Waals surface area contributed by atoms with Crippen LogP contribution in [0.5, 0.6) is 0 Å². The maximum atomic E-state index is 11.6. The number of anilines is 1. The number of carbonyl (C=O) groups excluding carboxylic acids is 1. The van der Waals surface area contributed by atoms with Crippen LogP contribution >= 0.6 is 0 Å². The van der Waals surface area contributed by atoms with Crippen molar-refractivity contribution in [2.45, 2.75) is 12.8 Å². The highest BCUT2D eigenvalue weighted by Crippen LogP contribution is 2.30. The molecule has 0 saturated heterocycles. The fourth-order valence-electron chi connectivity index (χ4n) is 1.45. The van der Waals surface area contributed by atoms with Gasteiger partial charge in [-0.1, -0.05) is 0 Å². The van der Waals surface area contributed by atoms with Gasteiger partial charge in [-0.15, -0.1) is 0 Å². The molecule has 0 aliphatic heterocycles. The summed E-state index contributed by atoms with van der Waals surface area (Å²) in [7, 11) is -3.23. The van der Waals surface area contributed by atoms with Gasteiger partial charge in [-0.2, -0.15) is 0 Å². The third kappa shape index (κ3) is 3.06. The van der Waals surface area contributed by atoms with Crippen LogP contribution in [-0.4, -0.2) is 20.5 Å². The van der Waals surface area contributed by atoms with Crippen LogP contribution in [0.2, 0.25) is 0 Å². The molecule has 0 amide bonds. The molecule has 0 aromatic heterocycles. The zero-order valence-corrected chi connectivity index (χ0v) is 9.53. The molecule has 0 atom stereocenters. The molecule has 0 unspecified atom stereocenters. The van der Waals surface area contributed by atoms with E-state index in [4.69, 9.17) is 0 Å². The van der Waals surface area contributed by atoms with E-state index in [1.165, 1.54) is 0 Å². The minimum atomic E-state index is -3.23. The first-order valence-corrected chi connectivity index (χ1v) is 6.80. The molecule has 1 aliphatic carbocycles. The molecule has 2 rings (SSSR count). The quantitative estimate of drug-likeness (QED) is 0.795. The summed E-state index contributed by atoms with van der Waals surface area (Å²) in [6.45, 7) is 0. The zero-order chi connectivity index (χ0) is 11.6. The first kappa shape index (κ1) is 11.1. The fourth-order valence-corrected chi connectivity index (χ4v) is 2.98. The summed E-state index contributed by atoms with van der Waals surface area (Å²) >= 11 is 0. The lowest BCUT2D eigenvalue weighted by atomic mass is 10.2. The van der Waals surface area contributed by atoms with Crippen LogP contribution in [0.25, 0.3) is 0 Å². The Labute approximate surface area is 94.7 Å². The summed E-state index contributed by atoms with van der Waals surface area (Å²) in [5.74, 6) is 0.523. The predicted octanol–water partition coefficient (Wildman–Crippen LogP) is 1.65. The Bertz CT molecular complexity index is 474. The second-order valence-corrected chi connectivity index (χ2v) is 5.83. The van der Waals surface area contributed by atoms with Gasteiger partial charge in [-0.05, 0) is 43.0 Å². The SMILES string of the molecule is O=Cc1ccc(NS(=O)(=O)CC2CC2)cc1. The average Bonchev–Trinajstić information content (AvgIpc) is 3.01. The third-order valence-corrected chi connectivity index (χ3v) is 3.93. The summed E-state index contributed by atoms with van der Waals surface area (Å²) in [5, 5.41) is 0. The van der Waals surface area contributed by atoms with Gasteiger partial charge in [0.05, 0.1) is 5.75 Å². The Morgan fingerprint density at radius 2 is 1.88 bits per heavy atom. The molecule has 4 nitrogen and oxygen atoms in total. The number of nitrogens with one attached hydrogen (secondary N) is 1. The maximum absolute atomic E-state index is 11.6. The van der Waals surface area contributed by atoms with Gasteiger partial charge >= 0.3 is 0 Å². The average molecular weight is 239 g/mol. The van der Waals surface area contributed by atoms with E-state index in [1.807, 2.05) is 0 Å². The molecule has 1 N–H and O–H groups in total. The Kier molecular flexibility index (Phi) is 2.96. The van der Waals surface area contributed by atoms with Crippen molar-refractivity contribution in [3.63, 3.8) is 0 Å². The smallest absolute Gasteiger partial charge is 0.232 e. The first-order chi connectivity index (χ1) is 7.59. The molecule has 1 aliphatic rings. The van der Waals surface area contributed by atoms with Crippen LogP contribution in [0.1, 0.15) is 23.2 Å². The van der Waals surface area contributed by atoms with Gasteiger partial charge in [-0.25, -0.2) is 8.42 Å². The van der Waals surface area contributed by atoms with Crippen molar-refractivity contribution < 1.29 is 13.2 Å². The van der Waals surface area contributed by atoms with Crippen LogP contribution in [0, 0.1) is 5.92 Å². The molecule has 1 fully saturated rings. The van der Waals surface area contributed by atoms with Crippen molar-refractivity contribution >= 4 is 22.0 Å². The van der Waals surface area contributed by atoms with Crippen LogP contribution < -0.4 is 4.72 Å². The van der Waals surface area contributed by atoms with Crippen molar-refractivity contribution in [1.29, 1.82) is 0 Å². The molecule has 1 aromatic rings. The predicted molar refractivity (Wildman–Crippen MR) is 62.0 cm³/mol. The van der Waals surface area contributed by atoms with Crippen molar-refractivity contribution in [3.05, 3.63) is 29.8 Å². The lowest BCUT2D eigenvalue weighted by Crippen LogP contribution is -2.17. The molecule has 86 valence electrons. The first-order valence-electron chi connectivity index (χ1n) is 5.15. The van der Waals surface area contributed by atoms with Crippen molar-refractivity contribution in [3.8, 4) is 0 Å². The molecule has 0 radical (unpaired) electrons. The Hall–Kier alpha value is -1.36. The number of hydrogen-bond acceptors (Lipinski definition) is 3. The second kappa shape index (κ2) is 4.25. The standard InChI is InChI=1S/C11H13NO3S/c13-7-9-3-5-11(6-4-9)12-16(14,15)8-10-1-2-10/h3-7,10,12H,1-2,8H2. The highest BCUT2D eigenvalue weighted by Gasteiger charge is 2.27. The Morgan fingerprint density at radius 1 is 1.25 bits per heavy atom. The van der Waals surface area contributed by atoms with Crippen LogP contribution in [0.15, 0.2) is 24.3 Å². The van der Waals surface area contributed by atoms with Crippen molar-refractivity contribution in [2.24, 2.45) is 5.92 Å². The largest absolute Gasteiger partial charge is 0.298 e. The van der Waals surface area contributed by atoms with E-state index in [2.05, 4.69) is 4.72 Å². The van der Waals surface area contributed by atoms with Crippen molar-refractivity contribution in [1.82, 2.24) is 0 Å². The van der Waals surface area contributed by atoms with Gasteiger partial charge in [0, 0.05) is 11.3 Å². The van der Waals surface area contributed by atoms with Crippen LogP contribution in [0.3, 0.4) is 0 Å². The molecular formula is C11H13NO3S. The van der Waals surface area contributed by atoms with Gasteiger partial charge in [0.15, 0.2) is 0 Å². The normalized spacial score (nSPS) is 15.8. The van der Waals surface area contributed by atoms with Gasteiger partial charge in [0.1, 0.15) is 6.29 Å². The molecule has 1 saturated carbocycles. The van der Waals surface area contributed by atoms with E-state index in [0.29, 0.717) is 17.2 Å². The van der Waals surface area contributed by atoms with E-state index in [1.54, 1.807) is 24.3 Å². The van der Waals surface area contributed by atoms with E-state index in [-0.39, 0.29) is 5.75 Å². The van der Waals surface area contributed by atoms with Gasteiger partial charge in [0.25, 0.3) is 0 Å². The van der Waals surface area contributed by atoms with Gasteiger partial charge < -0.3 is 0 Å². The molecule has 0 heterocycles. The Balaban J connectivity index is 2.04. The number of hydrogen-bond donors (Lipinski definition) is 1. The van der Waals surface area contributed by atoms with E-state index < -0.39 is 10.0 Å². The highest BCUT2D eigenvalue weighted by atomic mass is 32.2. The summed E-state index contributed by atoms with van der Waals surface area (Å²) in [6.07, 6.45) is 2.73. The highest BCUT2D eigenvalue weighted by molar-refractivity contribution is 7.92. The Morgan fingerprint density at radius 3 is 2.38 bits per heavy atom. The minimum Gasteiger partial charge on any atom is -0.298 e. The summed E-state index contributed by atoms with van der Waals surface area (Å²) in [6, 6.07) is 6.35. The van der Waals surface area contributed by atoms with Crippen LogP contribution in [0.4, 0.5) is 5.69 Å². The summed E-state index contributed by atoms with van der Waals surface area (Å²) < 4.78 is 25.7. The van der Waals surface area contributed by atoms with Crippen molar-refractivity contribution in [2.75, 3.05) is 10.5 Å². The topological polar surface area (TPSA) is 63.2 Å². The molecule has 0 bridgehead atoms. The molecule has 0 spiro atoms. The second-order valence-electron chi connectivity index (χ2n) is 4.07. The van der Waals surface area contributed by atoms with Crippen LogP contribution in [-0.2, 0) is 10.0 Å². The molecule has 16 heavy (non-hydrogen) atoms. The lowest BCUT2D eigenvalue weighted by molar-refractivity contribution is 0.112. The van der Waals surface area contributed by atoms with E-state index in [9.17, 15) is 13.2 Å².